The average Bonchev–Trinajstić information content (AvgIpc) is 2.70. The number of nitrogens with one attached hydrogen (secondary N) is 1. The summed E-state index contributed by atoms with van der Waals surface area (Å²) in [5.41, 5.74) is 0.782. The standard InChI is InChI=1S/C17H25ClFN/c1-2-20-17(13-7-5-3-4-6-8-13)11-14-9-10-15(18)12-16(14)19/h9-10,12-13,17,20H,2-8,11H2,1H3. The first-order chi connectivity index (χ1) is 9.70. The van der Waals surface area contributed by atoms with Crippen molar-refractivity contribution < 1.29 is 4.39 Å². The van der Waals surface area contributed by atoms with Gasteiger partial charge in [-0.3, -0.25) is 0 Å². The second kappa shape index (κ2) is 7.99. The SMILES string of the molecule is CCNC(Cc1ccc(Cl)cc1F)C1CCCCCC1. The Balaban J connectivity index is 2.07. The number of halogens is 2. The molecule has 112 valence electrons. The Hall–Kier alpha value is -0.600. The van der Waals surface area contributed by atoms with Crippen LogP contribution in [0, 0.1) is 11.7 Å². The van der Waals surface area contributed by atoms with E-state index in [1.807, 2.05) is 6.07 Å². The smallest absolute Gasteiger partial charge is 0.127 e. The van der Waals surface area contributed by atoms with Gasteiger partial charge < -0.3 is 5.32 Å². The first-order valence-corrected chi connectivity index (χ1v) is 8.25. The monoisotopic (exact) mass is 297 g/mol. The van der Waals surface area contributed by atoms with Gasteiger partial charge in [0.1, 0.15) is 5.82 Å². The van der Waals surface area contributed by atoms with Gasteiger partial charge >= 0.3 is 0 Å². The van der Waals surface area contributed by atoms with Crippen LogP contribution in [0.3, 0.4) is 0 Å². The van der Waals surface area contributed by atoms with Crippen LogP contribution in [0.1, 0.15) is 51.0 Å². The second-order valence-corrected chi connectivity index (χ2v) is 6.29. The molecule has 0 amide bonds. The Morgan fingerprint density at radius 1 is 1.25 bits per heavy atom. The zero-order valence-corrected chi connectivity index (χ0v) is 13.1. The normalized spacial score (nSPS) is 18.8. The fourth-order valence-corrected chi connectivity index (χ4v) is 3.46. The molecule has 1 aliphatic carbocycles. The molecule has 0 radical (unpaired) electrons. The first kappa shape index (κ1) is 15.8. The van der Waals surface area contributed by atoms with E-state index < -0.39 is 0 Å². The van der Waals surface area contributed by atoms with Crippen LogP contribution in [0.15, 0.2) is 18.2 Å². The van der Waals surface area contributed by atoms with E-state index in [1.165, 1.54) is 44.6 Å². The van der Waals surface area contributed by atoms with Crippen LogP contribution in [-0.4, -0.2) is 12.6 Å². The van der Waals surface area contributed by atoms with Crippen LogP contribution in [-0.2, 0) is 6.42 Å². The molecule has 1 N–H and O–H groups in total. The molecule has 0 spiro atoms. The molecule has 0 heterocycles. The van der Waals surface area contributed by atoms with Crippen molar-refractivity contribution in [1.82, 2.24) is 5.32 Å². The van der Waals surface area contributed by atoms with Crippen LogP contribution in [0.5, 0.6) is 0 Å². The summed E-state index contributed by atoms with van der Waals surface area (Å²) in [5, 5.41) is 4.04. The van der Waals surface area contributed by atoms with Crippen LogP contribution in [0.2, 0.25) is 5.02 Å². The minimum atomic E-state index is -0.172. The van der Waals surface area contributed by atoms with E-state index >= 15 is 0 Å². The highest BCUT2D eigenvalue weighted by Gasteiger charge is 2.23. The lowest BCUT2D eigenvalue weighted by atomic mass is 9.87. The maximum atomic E-state index is 14.0. The number of likely N-dealkylation sites (N-methyl/N-ethyl adjacent to an activating group) is 1. The molecule has 0 aliphatic heterocycles. The second-order valence-electron chi connectivity index (χ2n) is 5.86. The highest BCUT2D eigenvalue weighted by atomic mass is 35.5. The quantitative estimate of drug-likeness (QED) is 0.757. The Kier molecular flexibility index (Phi) is 6.31. The Labute approximate surface area is 126 Å². The molecule has 2 rings (SSSR count). The number of hydrogen-bond donors (Lipinski definition) is 1. The molecule has 1 aliphatic rings. The molecule has 1 nitrogen and oxygen atoms in total. The minimum absolute atomic E-state index is 0.172. The Morgan fingerprint density at radius 3 is 2.55 bits per heavy atom. The van der Waals surface area contributed by atoms with Crippen molar-refractivity contribution in [2.45, 2.75) is 57.9 Å². The molecule has 3 heteroatoms. The molecule has 20 heavy (non-hydrogen) atoms. The topological polar surface area (TPSA) is 12.0 Å². The molecule has 0 saturated heterocycles. The molecule has 1 unspecified atom stereocenters. The van der Waals surface area contributed by atoms with Crippen molar-refractivity contribution in [2.24, 2.45) is 5.92 Å². The summed E-state index contributed by atoms with van der Waals surface area (Å²) in [6.45, 7) is 3.07. The van der Waals surface area contributed by atoms with Crippen LogP contribution in [0.4, 0.5) is 4.39 Å². The summed E-state index contributed by atoms with van der Waals surface area (Å²) < 4.78 is 14.0. The molecule has 1 atom stereocenters. The lowest BCUT2D eigenvalue weighted by Crippen LogP contribution is -2.38. The van der Waals surface area contributed by atoms with Gasteiger partial charge in [0.2, 0.25) is 0 Å². The fraction of sp³-hybridized carbons (Fsp3) is 0.647. The molecular formula is C17H25ClFN. The van der Waals surface area contributed by atoms with Gasteiger partial charge in [-0.05, 0) is 49.4 Å². The lowest BCUT2D eigenvalue weighted by Gasteiger charge is -2.27. The minimum Gasteiger partial charge on any atom is -0.314 e. The van der Waals surface area contributed by atoms with Gasteiger partial charge in [0.05, 0.1) is 0 Å². The first-order valence-electron chi connectivity index (χ1n) is 7.88. The van der Waals surface area contributed by atoms with Gasteiger partial charge in [0.15, 0.2) is 0 Å². The predicted octanol–water partition coefficient (Wildman–Crippen LogP) is 4.97. The maximum Gasteiger partial charge on any atom is 0.127 e. The van der Waals surface area contributed by atoms with Crippen molar-refractivity contribution in [3.05, 3.63) is 34.6 Å². The fourth-order valence-electron chi connectivity index (χ4n) is 3.31. The number of rotatable bonds is 5. The number of hydrogen-bond acceptors (Lipinski definition) is 1. The molecule has 1 aromatic rings. The molecule has 1 saturated carbocycles. The van der Waals surface area contributed by atoms with E-state index in [2.05, 4.69) is 12.2 Å². The van der Waals surface area contributed by atoms with Gasteiger partial charge in [0, 0.05) is 11.1 Å². The third-order valence-electron chi connectivity index (χ3n) is 4.39. The highest BCUT2D eigenvalue weighted by Crippen LogP contribution is 2.28. The average molecular weight is 298 g/mol. The zero-order chi connectivity index (χ0) is 14.4. The van der Waals surface area contributed by atoms with E-state index in [0.717, 1.165) is 18.5 Å². The van der Waals surface area contributed by atoms with E-state index in [1.54, 1.807) is 6.07 Å². The molecular weight excluding hydrogens is 273 g/mol. The lowest BCUT2D eigenvalue weighted by molar-refractivity contribution is 0.319. The van der Waals surface area contributed by atoms with Gasteiger partial charge in [0.25, 0.3) is 0 Å². The van der Waals surface area contributed by atoms with Crippen LogP contribution in [0.25, 0.3) is 0 Å². The number of benzene rings is 1. The van der Waals surface area contributed by atoms with Crippen molar-refractivity contribution in [3.63, 3.8) is 0 Å². The van der Waals surface area contributed by atoms with E-state index in [0.29, 0.717) is 17.0 Å². The summed E-state index contributed by atoms with van der Waals surface area (Å²) in [4.78, 5) is 0. The van der Waals surface area contributed by atoms with Gasteiger partial charge in [-0.1, -0.05) is 50.3 Å². The van der Waals surface area contributed by atoms with Gasteiger partial charge in [-0.2, -0.15) is 0 Å². The van der Waals surface area contributed by atoms with Gasteiger partial charge in [-0.15, -0.1) is 0 Å². The zero-order valence-electron chi connectivity index (χ0n) is 12.3. The third kappa shape index (κ3) is 4.46. The summed E-state index contributed by atoms with van der Waals surface area (Å²) >= 11 is 5.83. The molecule has 0 bridgehead atoms. The molecule has 1 fully saturated rings. The van der Waals surface area contributed by atoms with E-state index in [-0.39, 0.29) is 5.82 Å². The maximum absolute atomic E-state index is 14.0. The highest BCUT2D eigenvalue weighted by molar-refractivity contribution is 6.30. The van der Waals surface area contributed by atoms with Crippen LogP contribution < -0.4 is 5.32 Å². The van der Waals surface area contributed by atoms with Crippen molar-refractivity contribution in [1.29, 1.82) is 0 Å². The Morgan fingerprint density at radius 2 is 1.95 bits per heavy atom. The predicted molar refractivity (Wildman–Crippen MR) is 83.8 cm³/mol. The van der Waals surface area contributed by atoms with E-state index in [9.17, 15) is 4.39 Å². The summed E-state index contributed by atoms with van der Waals surface area (Å²) in [6, 6.07) is 5.43. The summed E-state index contributed by atoms with van der Waals surface area (Å²) in [5.74, 6) is 0.501. The van der Waals surface area contributed by atoms with Crippen molar-refractivity contribution >= 4 is 11.6 Å². The molecule has 0 aromatic heterocycles. The largest absolute Gasteiger partial charge is 0.314 e. The third-order valence-corrected chi connectivity index (χ3v) is 4.63. The Bertz CT molecular complexity index is 413. The van der Waals surface area contributed by atoms with Crippen molar-refractivity contribution in [2.75, 3.05) is 6.54 Å². The summed E-state index contributed by atoms with van der Waals surface area (Å²) in [6.07, 6.45) is 8.64. The van der Waals surface area contributed by atoms with Gasteiger partial charge in [-0.25, -0.2) is 4.39 Å². The van der Waals surface area contributed by atoms with Crippen molar-refractivity contribution in [3.8, 4) is 0 Å². The molecule has 1 aromatic carbocycles. The van der Waals surface area contributed by atoms with Crippen LogP contribution >= 0.6 is 11.6 Å². The van der Waals surface area contributed by atoms with E-state index in [4.69, 9.17) is 11.6 Å². The summed E-state index contributed by atoms with van der Waals surface area (Å²) in [7, 11) is 0.